The third-order valence-electron chi connectivity index (χ3n) is 4.94. The quantitative estimate of drug-likeness (QED) is 0.650. The van der Waals surface area contributed by atoms with Gasteiger partial charge in [0.15, 0.2) is 17.3 Å². The van der Waals surface area contributed by atoms with Crippen molar-refractivity contribution in [2.45, 2.75) is 31.4 Å². The van der Waals surface area contributed by atoms with Crippen LogP contribution in [0.15, 0.2) is 39.8 Å². The van der Waals surface area contributed by atoms with Gasteiger partial charge >= 0.3 is 0 Å². The van der Waals surface area contributed by atoms with Gasteiger partial charge in [-0.2, -0.15) is 4.31 Å². The minimum absolute atomic E-state index is 0.00472. The predicted octanol–water partition coefficient (Wildman–Crippen LogP) is 2.74. The van der Waals surface area contributed by atoms with Crippen LogP contribution in [0.2, 0.25) is 0 Å². The summed E-state index contributed by atoms with van der Waals surface area (Å²) in [5.41, 5.74) is 0.856. The molecule has 2 heterocycles. The third kappa shape index (κ3) is 4.40. The molecule has 3 rings (SSSR count). The van der Waals surface area contributed by atoms with Gasteiger partial charge in [-0.25, -0.2) is 8.42 Å². The summed E-state index contributed by atoms with van der Waals surface area (Å²) in [6.45, 7) is 3.57. The van der Waals surface area contributed by atoms with Crippen molar-refractivity contribution >= 4 is 15.9 Å². The van der Waals surface area contributed by atoms with Crippen LogP contribution >= 0.6 is 0 Å². The van der Waals surface area contributed by atoms with E-state index in [0.717, 1.165) is 18.4 Å². The van der Waals surface area contributed by atoms with E-state index in [1.165, 1.54) is 16.4 Å². The van der Waals surface area contributed by atoms with Gasteiger partial charge in [0.05, 0.1) is 14.2 Å². The molecular formula is C20H26N2O6S. The molecule has 0 unspecified atom stereocenters. The molecule has 1 aliphatic rings. The Kier molecular flexibility index (Phi) is 6.49. The zero-order chi connectivity index (χ0) is 21.0. The van der Waals surface area contributed by atoms with Crippen molar-refractivity contribution in [3.05, 3.63) is 41.7 Å². The van der Waals surface area contributed by atoms with Crippen LogP contribution in [0.4, 0.5) is 0 Å². The van der Waals surface area contributed by atoms with E-state index >= 15 is 0 Å². The van der Waals surface area contributed by atoms with Gasteiger partial charge in [0.1, 0.15) is 0 Å². The zero-order valence-electron chi connectivity index (χ0n) is 16.9. The van der Waals surface area contributed by atoms with Crippen molar-refractivity contribution in [2.75, 3.05) is 33.9 Å². The highest BCUT2D eigenvalue weighted by atomic mass is 32.2. The maximum atomic E-state index is 12.9. The SMILES string of the molecule is CCN(Cc1ccc(OC)c(OC)c1)C(=O)c1ccc(S(=O)(=O)N2CCCC2)o1. The second-order valence-electron chi connectivity index (χ2n) is 6.74. The van der Waals surface area contributed by atoms with Gasteiger partial charge in [0.25, 0.3) is 15.9 Å². The summed E-state index contributed by atoms with van der Waals surface area (Å²) in [7, 11) is -0.583. The van der Waals surface area contributed by atoms with Crippen LogP contribution < -0.4 is 9.47 Å². The van der Waals surface area contributed by atoms with Crippen LogP contribution in [0.3, 0.4) is 0 Å². The van der Waals surface area contributed by atoms with Crippen molar-refractivity contribution < 1.29 is 27.1 Å². The van der Waals surface area contributed by atoms with E-state index in [9.17, 15) is 13.2 Å². The Morgan fingerprint density at radius 1 is 1.10 bits per heavy atom. The van der Waals surface area contributed by atoms with E-state index in [4.69, 9.17) is 13.9 Å². The molecule has 1 saturated heterocycles. The van der Waals surface area contributed by atoms with E-state index in [2.05, 4.69) is 0 Å². The number of ether oxygens (including phenoxy) is 2. The van der Waals surface area contributed by atoms with Gasteiger partial charge in [0, 0.05) is 26.2 Å². The zero-order valence-corrected chi connectivity index (χ0v) is 17.7. The van der Waals surface area contributed by atoms with Crippen molar-refractivity contribution in [3.8, 4) is 11.5 Å². The van der Waals surface area contributed by atoms with Crippen LogP contribution in [0.5, 0.6) is 11.5 Å². The Morgan fingerprint density at radius 3 is 2.41 bits per heavy atom. The summed E-state index contributed by atoms with van der Waals surface area (Å²) in [6.07, 6.45) is 1.67. The number of furan rings is 1. The molecule has 9 heteroatoms. The lowest BCUT2D eigenvalue weighted by atomic mass is 10.2. The molecule has 0 bridgehead atoms. The van der Waals surface area contributed by atoms with Crippen LogP contribution in [0.25, 0.3) is 0 Å². The van der Waals surface area contributed by atoms with E-state index < -0.39 is 10.0 Å². The highest BCUT2D eigenvalue weighted by Crippen LogP contribution is 2.28. The molecule has 0 saturated carbocycles. The van der Waals surface area contributed by atoms with E-state index in [1.54, 1.807) is 31.3 Å². The molecule has 0 aliphatic carbocycles. The third-order valence-corrected chi connectivity index (χ3v) is 6.71. The smallest absolute Gasteiger partial charge is 0.289 e. The van der Waals surface area contributed by atoms with Crippen molar-refractivity contribution in [1.29, 1.82) is 0 Å². The average molecular weight is 423 g/mol. The van der Waals surface area contributed by atoms with Gasteiger partial charge in [-0.05, 0) is 49.6 Å². The molecule has 1 aromatic heterocycles. The summed E-state index contributed by atoms with van der Waals surface area (Å²) >= 11 is 0. The minimum Gasteiger partial charge on any atom is -0.493 e. The molecule has 0 atom stereocenters. The monoisotopic (exact) mass is 422 g/mol. The number of nitrogens with zero attached hydrogens (tertiary/aromatic N) is 2. The van der Waals surface area contributed by atoms with Crippen molar-refractivity contribution in [1.82, 2.24) is 9.21 Å². The molecule has 158 valence electrons. The fraction of sp³-hybridized carbons (Fsp3) is 0.450. The number of amides is 1. The standard InChI is InChI=1S/C20H26N2O6S/c1-4-21(14-15-7-8-16(26-2)18(13-15)27-3)20(23)17-9-10-19(28-17)29(24,25)22-11-5-6-12-22/h7-10,13H,4-6,11-12,14H2,1-3H3. The summed E-state index contributed by atoms with van der Waals surface area (Å²) in [6, 6.07) is 8.21. The Morgan fingerprint density at radius 2 is 1.79 bits per heavy atom. The van der Waals surface area contributed by atoms with Gasteiger partial charge in [0.2, 0.25) is 5.09 Å². The number of carbonyl (C=O) groups excluding carboxylic acids is 1. The maximum absolute atomic E-state index is 12.9. The first-order valence-electron chi connectivity index (χ1n) is 9.51. The fourth-order valence-corrected chi connectivity index (χ4v) is 4.74. The molecular weight excluding hydrogens is 396 g/mol. The Labute approximate surface area is 171 Å². The molecule has 29 heavy (non-hydrogen) atoms. The first-order valence-corrected chi connectivity index (χ1v) is 10.9. The molecule has 1 fully saturated rings. The summed E-state index contributed by atoms with van der Waals surface area (Å²) in [5.74, 6) is 0.814. The van der Waals surface area contributed by atoms with Crippen LogP contribution in [0.1, 0.15) is 35.9 Å². The Hall–Kier alpha value is -2.52. The predicted molar refractivity (Wildman–Crippen MR) is 107 cm³/mol. The lowest BCUT2D eigenvalue weighted by Gasteiger charge is -2.20. The highest BCUT2D eigenvalue weighted by molar-refractivity contribution is 7.89. The molecule has 1 aliphatic heterocycles. The molecule has 8 nitrogen and oxygen atoms in total. The van der Waals surface area contributed by atoms with Gasteiger partial charge < -0.3 is 18.8 Å². The Balaban J connectivity index is 1.77. The summed E-state index contributed by atoms with van der Waals surface area (Å²) < 4.78 is 42.6. The van der Waals surface area contributed by atoms with E-state index in [-0.39, 0.29) is 16.8 Å². The minimum atomic E-state index is -3.69. The summed E-state index contributed by atoms with van der Waals surface area (Å²) in [5, 5.41) is -0.190. The number of carbonyl (C=O) groups is 1. The molecule has 1 amide bonds. The number of hydrogen-bond donors (Lipinski definition) is 0. The van der Waals surface area contributed by atoms with Crippen LogP contribution in [-0.2, 0) is 16.6 Å². The van der Waals surface area contributed by atoms with Gasteiger partial charge in [-0.3, -0.25) is 4.79 Å². The second kappa shape index (κ2) is 8.87. The molecule has 0 spiro atoms. The first-order chi connectivity index (χ1) is 13.9. The van der Waals surface area contributed by atoms with Crippen molar-refractivity contribution in [3.63, 3.8) is 0 Å². The normalized spacial score (nSPS) is 14.7. The average Bonchev–Trinajstić information content (AvgIpc) is 3.44. The van der Waals surface area contributed by atoms with Gasteiger partial charge in [-0.1, -0.05) is 6.07 Å². The maximum Gasteiger partial charge on any atom is 0.289 e. The highest BCUT2D eigenvalue weighted by Gasteiger charge is 2.31. The Bertz CT molecular complexity index is 963. The fourth-order valence-electron chi connectivity index (χ4n) is 3.31. The topological polar surface area (TPSA) is 89.3 Å². The van der Waals surface area contributed by atoms with Crippen LogP contribution in [0, 0.1) is 0 Å². The molecule has 0 N–H and O–H groups in total. The van der Waals surface area contributed by atoms with Gasteiger partial charge in [-0.15, -0.1) is 0 Å². The molecule has 2 aromatic rings. The van der Waals surface area contributed by atoms with Crippen LogP contribution in [-0.4, -0.2) is 57.4 Å². The molecule has 1 aromatic carbocycles. The second-order valence-corrected chi connectivity index (χ2v) is 8.61. The first kappa shape index (κ1) is 21.2. The molecule has 0 radical (unpaired) electrons. The summed E-state index contributed by atoms with van der Waals surface area (Å²) in [4.78, 5) is 14.5. The number of hydrogen-bond acceptors (Lipinski definition) is 6. The number of methoxy groups -OCH3 is 2. The largest absolute Gasteiger partial charge is 0.493 e. The van der Waals surface area contributed by atoms with E-state index in [1.807, 2.05) is 13.0 Å². The number of sulfonamides is 1. The number of benzene rings is 1. The number of rotatable bonds is 8. The van der Waals surface area contributed by atoms with Crippen molar-refractivity contribution in [2.24, 2.45) is 0 Å². The lowest BCUT2D eigenvalue weighted by molar-refractivity contribution is 0.0714. The lowest BCUT2D eigenvalue weighted by Crippen LogP contribution is -2.30. The van der Waals surface area contributed by atoms with E-state index in [0.29, 0.717) is 37.7 Å².